The average Bonchev–Trinajstić information content (AvgIpc) is 3.00. The Morgan fingerprint density at radius 1 is 1.24 bits per heavy atom. The van der Waals surface area contributed by atoms with Gasteiger partial charge in [-0.15, -0.1) is 0 Å². The van der Waals surface area contributed by atoms with E-state index >= 15 is 0 Å². The second kappa shape index (κ2) is 7.31. The van der Waals surface area contributed by atoms with E-state index < -0.39 is 11.6 Å². The fraction of sp³-hybridized carbons (Fsp3) is 0.444. The smallest absolute Gasteiger partial charge is 0.223 e. The lowest BCUT2D eigenvalue weighted by Crippen LogP contribution is -2.48. The summed E-state index contributed by atoms with van der Waals surface area (Å²) in [6, 6.07) is 3.60. The Morgan fingerprint density at radius 3 is 2.52 bits per heavy atom. The van der Waals surface area contributed by atoms with Crippen LogP contribution in [0.15, 0.2) is 28.8 Å². The van der Waals surface area contributed by atoms with Gasteiger partial charge >= 0.3 is 0 Å². The number of oxazole rings is 1. The number of benzene rings is 1. The molecule has 1 aromatic carbocycles. The molecule has 1 aliphatic rings. The van der Waals surface area contributed by atoms with E-state index in [-0.39, 0.29) is 48.2 Å². The molecule has 0 radical (unpaired) electrons. The maximum absolute atomic E-state index is 13.8. The third-order valence-electron chi connectivity index (χ3n) is 4.09. The van der Waals surface area contributed by atoms with Gasteiger partial charge in [-0.1, -0.05) is 6.07 Å². The Balaban J connectivity index is 1.63. The van der Waals surface area contributed by atoms with Crippen molar-refractivity contribution in [2.45, 2.75) is 38.9 Å². The molecule has 1 amide bonds. The summed E-state index contributed by atoms with van der Waals surface area (Å²) in [5.41, 5.74) is -0.247. The van der Waals surface area contributed by atoms with Crippen LogP contribution in [0.25, 0.3) is 11.3 Å². The first-order chi connectivity index (χ1) is 11.9. The standard InChI is InChI=1S/C18H20F2N2O3/c1-11-9-22(10-12(2)24-11)17(23)7-6-16-21-8-15(25-16)18-13(19)4-3-5-14(18)20/h3-5,8,11-12H,6-7,9-10H2,1-2H3/t11-,12-/m1/s1. The van der Waals surface area contributed by atoms with Crippen LogP contribution < -0.4 is 0 Å². The van der Waals surface area contributed by atoms with Crippen molar-refractivity contribution in [1.82, 2.24) is 9.88 Å². The van der Waals surface area contributed by atoms with Crippen LogP contribution in [-0.4, -0.2) is 41.1 Å². The quantitative estimate of drug-likeness (QED) is 0.850. The van der Waals surface area contributed by atoms with Crippen molar-refractivity contribution in [2.24, 2.45) is 0 Å². The van der Waals surface area contributed by atoms with Gasteiger partial charge in [0.1, 0.15) is 11.6 Å². The number of carbonyl (C=O) groups excluding carboxylic acids is 1. The molecule has 0 bridgehead atoms. The van der Waals surface area contributed by atoms with E-state index in [0.717, 1.165) is 12.1 Å². The predicted octanol–water partition coefficient (Wildman–Crippen LogP) is 3.19. The second-order valence-corrected chi connectivity index (χ2v) is 6.27. The zero-order valence-electron chi connectivity index (χ0n) is 14.2. The van der Waals surface area contributed by atoms with Crippen molar-refractivity contribution in [2.75, 3.05) is 13.1 Å². The molecule has 1 aliphatic heterocycles. The summed E-state index contributed by atoms with van der Waals surface area (Å²) in [6.07, 6.45) is 1.78. The minimum atomic E-state index is -0.713. The molecule has 1 aromatic heterocycles. The van der Waals surface area contributed by atoms with Crippen LogP contribution in [0, 0.1) is 11.6 Å². The van der Waals surface area contributed by atoms with E-state index in [1.807, 2.05) is 13.8 Å². The monoisotopic (exact) mass is 350 g/mol. The molecule has 0 spiro atoms. The molecular formula is C18H20F2N2O3. The fourth-order valence-electron chi connectivity index (χ4n) is 3.03. The molecule has 7 heteroatoms. The van der Waals surface area contributed by atoms with Crippen LogP contribution in [0.5, 0.6) is 0 Å². The zero-order chi connectivity index (χ0) is 18.0. The Morgan fingerprint density at radius 2 is 1.88 bits per heavy atom. The summed E-state index contributed by atoms with van der Waals surface area (Å²) in [6.45, 7) is 4.97. The minimum absolute atomic E-state index is 0.00470. The van der Waals surface area contributed by atoms with Gasteiger partial charge < -0.3 is 14.1 Å². The summed E-state index contributed by atoms with van der Waals surface area (Å²) >= 11 is 0. The molecule has 5 nitrogen and oxygen atoms in total. The third kappa shape index (κ3) is 4.04. The Hall–Kier alpha value is -2.28. The van der Waals surface area contributed by atoms with E-state index in [4.69, 9.17) is 9.15 Å². The van der Waals surface area contributed by atoms with Crippen LogP contribution in [-0.2, 0) is 16.0 Å². The van der Waals surface area contributed by atoms with Crippen LogP contribution >= 0.6 is 0 Å². The number of amides is 1. The highest BCUT2D eigenvalue weighted by molar-refractivity contribution is 5.76. The topological polar surface area (TPSA) is 55.6 Å². The van der Waals surface area contributed by atoms with Gasteiger partial charge in [0.25, 0.3) is 0 Å². The number of halogens is 2. The zero-order valence-corrected chi connectivity index (χ0v) is 14.2. The number of hydrogen-bond donors (Lipinski definition) is 0. The molecule has 134 valence electrons. The molecule has 2 atom stereocenters. The maximum atomic E-state index is 13.8. The normalized spacial score (nSPS) is 20.7. The number of rotatable bonds is 4. The Labute approximate surface area is 144 Å². The first-order valence-electron chi connectivity index (χ1n) is 8.26. The largest absolute Gasteiger partial charge is 0.441 e. The number of morpholine rings is 1. The Bertz CT molecular complexity index is 732. The Kier molecular flexibility index (Phi) is 5.13. The van der Waals surface area contributed by atoms with Crippen molar-refractivity contribution >= 4 is 5.91 Å². The number of carbonyl (C=O) groups is 1. The first kappa shape index (κ1) is 17.5. The molecule has 0 saturated carbocycles. The van der Waals surface area contributed by atoms with Gasteiger partial charge in [0.2, 0.25) is 5.91 Å². The van der Waals surface area contributed by atoms with Crippen LogP contribution in [0.1, 0.15) is 26.2 Å². The number of nitrogens with zero attached hydrogens (tertiary/aromatic N) is 2. The van der Waals surface area contributed by atoms with E-state index in [0.29, 0.717) is 13.1 Å². The first-order valence-corrected chi connectivity index (χ1v) is 8.26. The van der Waals surface area contributed by atoms with E-state index in [1.165, 1.54) is 12.3 Å². The van der Waals surface area contributed by atoms with Crippen molar-refractivity contribution in [3.05, 3.63) is 41.9 Å². The molecule has 1 fully saturated rings. The van der Waals surface area contributed by atoms with E-state index in [9.17, 15) is 13.6 Å². The summed E-state index contributed by atoms with van der Waals surface area (Å²) in [7, 11) is 0. The summed E-state index contributed by atoms with van der Waals surface area (Å²) in [5.74, 6) is -1.14. The van der Waals surface area contributed by atoms with Crippen LogP contribution in [0.3, 0.4) is 0 Å². The molecule has 0 aliphatic carbocycles. The van der Waals surface area contributed by atoms with E-state index in [1.54, 1.807) is 4.90 Å². The van der Waals surface area contributed by atoms with Gasteiger partial charge in [-0.3, -0.25) is 4.79 Å². The summed E-state index contributed by atoms with van der Waals surface area (Å²) in [5, 5.41) is 0. The SMILES string of the molecule is C[C@@H]1CN(C(=O)CCc2ncc(-c3c(F)cccc3F)o2)C[C@@H](C)O1. The van der Waals surface area contributed by atoms with Gasteiger partial charge in [-0.2, -0.15) is 0 Å². The third-order valence-corrected chi connectivity index (χ3v) is 4.09. The van der Waals surface area contributed by atoms with Gasteiger partial charge in [0, 0.05) is 25.9 Å². The number of aryl methyl sites for hydroxylation is 1. The maximum Gasteiger partial charge on any atom is 0.223 e. The van der Waals surface area contributed by atoms with Crippen LogP contribution in [0.2, 0.25) is 0 Å². The van der Waals surface area contributed by atoms with Gasteiger partial charge in [0.15, 0.2) is 11.7 Å². The lowest BCUT2D eigenvalue weighted by molar-refractivity contribution is -0.143. The molecular weight excluding hydrogens is 330 g/mol. The lowest BCUT2D eigenvalue weighted by Gasteiger charge is -2.35. The summed E-state index contributed by atoms with van der Waals surface area (Å²) in [4.78, 5) is 18.1. The predicted molar refractivity (Wildman–Crippen MR) is 86.8 cm³/mol. The lowest BCUT2D eigenvalue weighted by atomic mass is 10.1. The molecule has 3 rings (SSSR count). The van der Waals surface area contributed by atoms with Crippen molar-refractivity contribution in [3.63, 3.8) is 0 Å². The number of ether oxygens (including phenoxy) is 1. The molecule has 25 heavy (non-hydrogen) atoms. The summed E-state index contributed by atoms with van der Waals surface area (Å²) < 4.78 is 38.6. The van der Waals surface area contributed by atoms with Gasteiger partial charge in [-0.05, 0) is 26.0 Å². The van der Waals surface area contributed by atoms with E-state index in [2.05, 4.69) is 4.98 Å². The molecule has 0 unspecified atom stereocenters. The highest BCUT2D eigenvalue weighted by atomic mass is 19.1. The van der Waals surface area contributed by atoms with Crippen molar-refractivity contribution in [3.8, 4) is 11.3 Å². The molecule has 2 heterocycles. The highest BCUT2D eigenvalue weighted by Crippen LogP contribution is 2.27. The fourth-order valence-corrected chi connectivity index (χ4v) is 3.03. The van der Waals surface area contributed by atoms with Crippen LogP contribution in [0.4, 0.5) is 8.78 Å². The minimum Gasteiger partial charge on any atom is -0.441 e. The average molecular weight is 350 g/mol. The highest BCUT2D eigenvalue weighted by Gasteiger charge is 2.26. The van der Waals surface area contributed by atoms with Crippen molar-refractivity contribution in [1.29, 1.82) is 0 Å². The number of aromatic nitrogens is 1. The van der Waals surface area contributed by atoms with Gasteiger partial charge in [0.05, 0.1) is 24.0 Å². The molecule has 0 N–H and O–H groups in total. The molecule has 1 saturated heterocycles. The molecule has 2 aromatic rings. The second-order valence-electron chi connectivity index (χ2n) is 6.27. The van der Waals surface area contributed by atoms with Crippen molar-refractivity contribution < 1.29 is 22.7 Å². The van der Waals surface area contributed by atoms with Gasteiger partial charge in [-0.25, -0.2) is 13.8 Å². The number of hydrogen-bond acceptors (Lipinski definition) is 4.